The lowest BCUT2D eigenvalue weighted by Crippen LogP contribution is -2.49. The molecule has 3 aromatic rings. The minimum atomic E-state index is 0.171. The van der Waals surface area contributed by atoms with E-state index in [0.29, 0.717) is 5.92 Å². The van der Waals surface area contributed by atoms with Crippen molar-refractivity contribution >= 4 is 44.6 Å². The molecule has 1 aliphatic heterocycles. The van der Waals surface area contributed by atoms with Crippen LogP contribution in [0.25, 0.3) is 10.2 Å². The predicted octanol–water partition coefficient (Wildman–Crippen LogP) is 6.03. The molecular weight excluding hydrogens is 448 g/mol. The van der Waals surface area contributed by atoms with Gasteiger partial charge in [0.15, 0.2) is 0 Å². The second-order valence-corrected chi connectivity index (χ2v) is 11.8. The van der Waals surface area contributed by atoms with E-state index in [0.717, 1.165) is 49.1 Å². The summed E-state index contributed by atoms with van der Waals surface area (Å²) in [6, 6.07) is 3.89. The maximum Gasteiger partial charge on any atom is 0.264 e. The summed E-state index contributed by atoms with van der Waals surface area (Å²) in [5.74, 6) is 2.91. The van der Waals surface area contributed by atoms with Crippen LogP contribution in [0.15, 0.2) is 17.5 Å². The Morgan fingerprint density at radius 3 is 2.52 bits per heavy atom. The van der Waals surface area contributed by atoms with Gasteiger partial charge >= 0.3 is 0 Å². The third-order valence-corrected chi connectivity index (χ3v) is 9.68. The average Bonchev–Trinajstić information content (AvgIpc) is 3.46. The first-order chi connectivity index (χ1) is 16.3. The highest BCUT2D eigenvalue weighted by Gasteiger charge is 2.29. The summed E-state index contributed by atoms with van der Waals surface area (Å²) >= 11 is 3.47. The Balaban J connectivity index is 1.34. The maximum atomic E-state index is 12.9. The van der Waals surface area contributed by atoms with Crippen molar-refractivity contribution < 1.29 is 4.79 Å². The number of piperazine rings is 1. The van der Waals surface area contributed by atoms with Crippen LogP contribution in [-0.4, -0.2) is 47.0 Å². The molecule has 0 N–H and O–H groups in total. The number of carbonyl (C=O) groups is 1. The van der Waals surface area contributed by atoms with Gasteiger partial charge in [-0.3, -0.25) is 4.79 Å². The first-order valence-corrected chi connectivity index (χ1v) is 14.4. The van der Waals surface area contributed by atoms with Gasteiger partial charge in [-0.2, -0.15) is 0 Å². The summed E-state index contributed by atoms with van der Waals surface area (Å²) in [5, 5.41) is 3.31. The van der Waals surface area contributed by atoms with Crippen LogP contribution in [0, 0.1) is 0 Å². The summed E-state index contributed by atoms with van der Waals surface area (Å²) < 4.78 is 0. The van der Waals surface area contributed by atoms with E-state index in [2.05, 4.69) is 4.90 Å². The summed E-state index contributed by atoms with van der Waals surface area (Å²) in [6.45, 7) is 3.20. The van der Waals surface area contributed by atoms with Gasteiger partial charge in [0.05, 0.1) is 10.3 Å². The summed E-state index contributed by atoms with van der Waals surface area (Å²) in [5.41, 5.74) is 1.52. The number of aryl methyl sites for hydroxylation is 2. The molecule has 0 atom stereocenters. The third kappa shape index (κ3) is 4.18. The molecule has 6 rings (SSSR count). The number of amides is 1. The SMILES string of the molecule is O=C(c1cccs1)N1CCN(c2nc(C3CCCCC3)nc3sc4c(c23)CCCCC4)CC1. The molecule has 1 saturated heterocycles. The van der Waals surface area contributed by atoms with Crippen LogP contribution in [-0.2, 0) is 12.8 Å². The molecule has 2 aliphatic carbocycles. The first-order valence-electron chi connectivity index (χ1n) is 12.7. The van der Waals surface area contributed by atoms with Crippen LogP contribution in [0.4, 0.5) is 5.82 Å². The summed E-state index contributed by atoms with van der Waals surface area (Å²) in [4.78, 5) is 31.4. The van der Waals surface area contributed by atoms with Crippen LogP contribution < -0.4 is 4.90 Å². The van der Waals surface area contributed by atoms with E-state index < -0.39 is 0 Å². The fourth-order valence-corrected chi connectivity index (χ4v) is 7.73. The largest absolute Gasteiger partial charge is 0.352 e. The Kier molecular flexibility index (Phi) is 6.09. The van der Waals surface area contributed by atoms with Crippen LogP contribution in [0.3, 0.4) is 0 Å². The second-order valence-electron chi connectivity index (χ2n) is 9.74. The fourth-order valence-electron chi connectivity index (χ4n) is 5.78. The molecule has 2 fully saturated rings. The van der Waals surface area contributed by atoms with E-state index in [1.165, 1.54) is 84.9 Å². The molecule has 7 heteroatoms. The fraction of sp³-hybridized carbons (Fsp3) is 0.577. The van der Waals surface area contributed by atoms with Gasteiger partial charge in [0.25, 0.3) is 5.91 Å². The molecule has 1 saturated carbocycles. The smallest absolute Gasteiger partial charge is 0.264 e. The molecule has 0 radical (unpaired) electrons. The molecule has 3 aromatic heterocycles. The van der Waals surface area contributed by atoms with Gasteiger partial charge in [0, 0.05) is 37.0 Å². The van der Waals surface area contributed by atoms with Crippen molar-refractivity contribution in [2.24, 2.45) is 0 Å². The lowest BCUT2D eigenvalue weighted by atomic mass is 9.88. The van der Waals surface area contributed by atoms with Crippen molar-refractivity contribution in [3.8, 4) is 0 Å². The van der Waals surface area contributed by atoms with Gasteiger partial charge in [-0.15, -0.1) is 22.7 Å². The Morgan fingerprint density at radius 2 is 1.73 bits per heavy atom. The molecular formula is C26H32N4OS2. The van der Waals surface area contributed by atoms with Gasteiger partial charge in [-0.25, -0.2) is 9.97 Å². The molecule has 174 valence electrons. The second kappa shape index (κ2) is 9.34. The normalized spacial score (nSPS) is 20.1. The lowest BCUT2D eigenvalue weighted by molar-refractivity contribution is 0.0751. The number of anilines is 1. The maximum absolute atomic E-state index is 12.9. The quantitative estimate of drug-likeness (QED) is 0.429. The van der Waals surface area contributed by atoms with Crippen molar-refractivity contribution in [3.63, 3.8) is 0 Å². The highest BCUT2D eigenvalue weighted by molar-refractivity contribution is 7.19. The zero-order chi connectivity index (χ0) is 22.2. The van der Waals surface area contributed by atoms with E-state index >= 15 is 0 Å². The van der Waals surface area contributed by atoms with Crippen molar-refractivity contribution in [2.45, 2.75) is 70.1 Å². The molecule has 1 amide bonds. The van der Waals surface area contributed by atoms with E-state index in [9.17, 15) is 4.79 Å². The van der Waals surface area contributed by atoms with Gasteiger partial charge in [-0.1, -0.05) is 31.7 Å². The van der Waals surface area contributed by atoms with Crippen molar-refractivity contribution in [1.29, 1.82) is 0 Å². The lowest BCUT2D eigenvalue weighted by Gasteiger charge is -2.36. The molecule has 0 bridgehead atoms. The number of hydrogen-bond donors (Lipinski definition) is 0. The summed E-state index contributed by atoms with van der Waals surface area (Å²) in [7, 11) is 0. The highest BCUT2D eigenvalue weighted by Crippen LogP contribution is 2.41. The average molecular weight is 481 g/mol. The minimum absolute atomic E-state index is 0.171. The number of rotatable bonds is 3. The Bertz CT molecular complexity index is 1130. The van der Waals surface area contributed by atoms with Gasteiger partial charge < -0.3 is 9.80 Å². The Morgan fingerprint density at radius 1 is 0.939 bits per heavy atom. The zero-order valence-corrected chi connectivity index (χ0v) is 20.9. The number of aromatic nitrogens is 2. The number of thiophene rings is 2. The molecule has 33 heavy (non-hydrogen) atoms. The van der Waals surface area contributed by atoms with Crippen LogP contribution in [0.1, 0.15) is 83.2 Å². The Labute approximate surface area is 203 Å². The van der Waals surface area contributed by atoms with Crippen molar-refractivity contribution in [3.05, 3.63) is 38.7 Å². The summed E-state index contributed by atoms with van der Waals surface area (Å²) in [6.07, 6.45) is 12.6. The third-order valence-electron chi connectivity index (χ3n) is 7.63. The monoisotopic (exact) mass is 480 g/mol. The van der Waals surface area contributed by atoms with Gasteiger partial charge in [-0.05, 0) is 55.5 Å². The molecule has 5 nitrogen and oxygen atoms in total. The van der Waals surface area contributed by atoms with E-state index in [-0.39, 0.29) is 5.91 Å². The predicted molar refractivity (Wildman–Crippen MR) is 137 cm³/mol. The van der Waals surface area contributed by atoms with Gasteiger partial charge in [0.2, 0.25) is 0 Å². The Hall–Kier alpha value is -1.99. The molecule has 0 aromatic carbocycles. The topological polar surface area (TPSA) is 49.3 Å². The van der Waals surface area contributed by atoms with Crippen LogP contribution in [0.5, 0.6) is 0 Å². The van der Waals surface area contributed by atoms with Gasteiger partial charge in [0.1, 0.15) is 16.5 Å². The van der Waals surface area contributed by atoms with E-state index in [4.69, 9.17) is 9.97 Å². The van der Waals surface area contributed by atoms with E-state index in [1.54, 1.807) is 4.88 Å². The van der Waals surface area contributed by atoms with Crippen LogP contribution in [0.2, 0.25) is 0 Å². The first kappa shape index (κ1) is 21.5. The molecule has 3 aliphatic rings. The zero-order valence-electron chi connectivity index (χ0n) is 19.2. The standard InChI is InChI=1S/C26H32N4OS2/c31-26(21-12-7-17-32-21)30-15-13-29(14-16-30)24-22-19-10-5-2-6-11-20(19)33-25(22)28-23(27-24)18-8-3-1-4-9-18/h7,12,17-18H,1-6,8-11,13-16H2. The van der Waals surface area contributed by atoms with Crippen LogP contribution >= 0.6 is 22.7 Å². The van der Waals surface area contributed by atoms with Crippen molar-refractivity contribution in [1.82, 2.24) is 14.9 Å². The number of fused-ring (bicyclic) bond motifs is 3. The molecule has 0 unspecified atom stereocenters. The molecule has 4 heterocycles. The minimum Gasteiger partial charge on any atom is -0.352 e. The van der Waals surface area contributed by atoms with Crippen molar-refractivity contribution in [2.75, 3.05) is 31.1 Å². The number of carbonyl (C=O) groups excluding carboxylic acids is 1. The molecule has 0 spiro atoms. The number of nitrogens with zero attached hydrogens (tertiary/aromatic N) is 4. The highest BCUT2D eigenvalue weighted by atomic mass is 32.1. The van der Waals surface area contributed by atoms with E-state index in [1.807, 2.05) is 33.7 Å². The number of hydrogen-bond acceptors (Lipinski definition) is 6.